The topological polar surface area (TPSA) is 65.3 Å². The third-order valence-electron chi connectivity index (χ3n) is 3.08. The summed E-state index contributed by atoms with van der Waals surface area (Å²) in [5.41, 5.74) is 1.41. The molecule has 22 heavy (non-hydrogen) atoms. The predicted octanol–water partition coefficient (Wildman–Crippen LogP) is 3.48. The van der Waals surface area contributed by atoms with Gasteiger partial charge in [0.2, 0.25) is 0 Å². The quantitative estimate of drug-likeness (QED) is 0.768. The minimum atomic E-state index is 0.166. The van der Waals surface area contributed by atoms with Crippen molar-refractivity contribution in [2.75, 3.05) is 13.2 Å². The lowest BCUT2D eigenvalue weighted by Crippen LogP contribution is -2.16. The predicted molar refractivity (Wildman–Crippen MR) is 86.1 cm³/mol. The normalized spacial score (nSPS) is 10.2. The molecule has 2 aromatic rings. The molecule has 0 spiro atoms. The van der Waals surface area contributed by atoms with Crippen molar-refractivity contribution in [2.45, 2.75) is 13.0 Å². The minimum absolute atomic E-state index is 0.166. The molecule has 4 nitrogen and oxygen atoms in total. The molecule has 2 aromatic carbocycles. The van der Waals surface area contributed by atoms with E-state index in [1.807, 2.05) is 24.3 Å². The second kappa shape index (κ2) is 8.40. The Morgan fingerprint density at radius 3 is 2.77 bits per heavy atom. The van der Waals surface area contributed by atoms with E-state index in [2.05, 4.69) is 11.4 Å². The lowest BCUT2D eigenvalue weighted by molar-refractivity contribution is 0.286. The Labute approximate surface area is 134 Å². The summed E-state index contributed by atoms with van der Waals surface area (Å²) in [6.45, 7) is 1.52. The zero-order valence-electron chi connectivity index (χ0n) is 12.1. The van der Waals surface area contributed by atoms with Crippen LogP contribution in [0.1, 0.15) is 17.5 Å². The highest BCUT2D eigenvalue weighted by atomic mass is 35.5. The van der Waals surface area contributed by atoms with Gasteiger partial charge >= 0.3 is 0 Å². The van der Waals surface area contributed by atoms with Gasteiger partial charge in [-0.2, -0.15) is 5.26 Å². The van der Waals surface area contributed by atoms with Crippen molar-refractivity contribution in [3.05, 3.63) is 58.6 Å². The number of nitriles is 1. The first-order valence-electron chi connectivity index (χ1n) is 7.01. The fraction of sp³-hybridized carbons (Fsp3) is 0.235. The van der Waals surface area contributed by atoms with E-state index in [0.29, 0.717) is 35.1 Å². The number of benzene rings is 2. The number of ether oxygens (including phenoxy) is 1. The average molecular weight is 317 g/mol. The largest absolute Gasteiger partial charge is 0.456 e. The van der Waals surface area contributed by atoms with Gasteiger partial charge in [-0.05, 0) is 31.2 Å². The molecule has 0 aliphatic heterocycles. The van der Waals surface area contributed by atoms with Crippen LogP contribution in [0.25, 0.3) is 0 Å². The molecular weight excluding hydrogens is 300 g/mol. The summed E-state index contributed by atoms with van der Waals surface area (Å²) in [4.78, 5) is 0. The Bertz CT molecular complexity index is 668. The van der Waals surface area contributed by atoms with Crippen LogP contribution in [0, 0.1) is 11.3 Å². The van der Waals surface area contributed by atoms with Crippen LogP contribution in [0.5, 0.6) is 11.5 Å². The molecule has 2 N–H and O–H groups in total. The van der Waals surface area contributed by atoms with E-state index in [4.69, 9.17) is 26.7 Å². The Kier molecular flexibility index (Phi) is 6.23. The molecular formula is C17H17ClN2O2. The van der Waals surface area contributed by atoms with Gasteiger partial charge in [0.15, 0.2) is 0 Å². The van der Waals surface area contributed by atoms with Crippen LogP contribution < -0.4 is 10.1 Å². The highest BCUT2D eigenvalue weighted by Gasteiger charge is 2.09. The van der Waals surface area contributed by atoms with Gasteiger partial charge in [-0.3, -0.25) is 0 Å². The van der Waals surface area contributed by atoms with Crippen LogP contribution in [-0.4, -0.2) is 18.3 Å². The first kappa shape index (κ1) is 16.3. The Balaban J connectivity index is 2.16. The number of aliphatic hydroxyl groups excluding tert-OH is 1. The Morgan fingerprint density at radius 2 is 2.00 bits per heavy atom. The van der Waals surface area contributed by atoms with Crippen LogP contribution in [0.3, 0.4) is 0 Å². The summed E-state index contributed by atoms with van der Waals surface area (Å²) < 4.78 is 5.87. The summed E-state index contributed by atoms with van der Waals surface area (Å²) in [7, 11) is 0. The van der Waals surface area contributed by atoms with Crippen molar-refractivity contribution in [1.29, 1.82) is 5.26 Å². The first-order chi connectivity index (χ1) is 10.7. The molecule has 0 bridgehead atoms. The number of nitrogens with zero attached hydrogens (tertiary/aromatic N) is 1. The lowest BCUT2D eigenvalue weighted by atomic mass is 10.2. The molecule has 2 rings (SSSR count). The molecule has 0 saturated heterocycles. The van der Waals surface area contributed by atoms with Crippen molar-refractivity contribution in [3.63, 3.8) is 0 Å². The number of hydrogen-bond donors (Lipinski definition) is 2. The van der Waals surface area contributed by atoms with E-state index >= 15 is 0 Å². The minimum Gasteiger partial charge on any atom is -0.456 e. The zero-order chi connectivity index (χ0) is 15.8. The molecule has 0 heterocycles. The van der Waals surface area contributed by atoms with E-state index < -0.39 is 0 Å². The van der Waals surface area contributed by atoms with Crippen LogP contribution in [0.15, 0.2) is 42.5 Å². The molecule has 0 aromatic heterocycles. The summed E-state index contributed by atoms with van der Waals surface area (Å²) in [5, 5.41) is 21.7. The fourth-order valence-corrected chi connectivity index (χ4v) is 2.13. The maximum Gasteiger partial charge on any atom is 0.146 e. The second-order valence-electron chi connectivity index (χ2n) is 4.72. The van der Waals surface area contributed by atoms with E-state index in [0.717, 1.165) is 12.1 Å². The van der Waals surface area contributed by atoms with Crippen molar-refractivity contribution in [2.24, 2.45) is 0 Å². The molecule has 0 amide bonds. The summed E-state index contributed by atoms with van der Waals surface area (Å²) in [6, 6.07) is 14.6. The standard InChI is InChI=1S/C17H17ClN2O2/c18-15-7-6-13(11-19)17(10-15)22-16-5-2-1-4-14(16)12-20-8-3-9-21/h1-2,4-7,10,20-21H,3,8-9,12H2. The van der Waals surface area contributed by atoms with Crippen molar-refractivity contribution in [1.82, 2.24) is 5.32 Å². The third kappa shape index (κ3) is 4.47. The van der Waals surface area contributed by atoms with Gasteiger partial charge in [-0.1, -0.05) is 29.8 Å². The lowest BCUT2D eigenvalue weighted by Gasteiger charge is -2.13. The van der Waals surface area contributed by atoms with Crippen molar-refractivity contribution >= 4 is 11.6 Å². The first-order valence-corrected chi connectivity index (χ1v) is 7.39. The molecule has 0 fully saturated rings. The van der Waals surface area contributed by atoms with E-state index in [9.17, 15) is 0 Å². The maximum atomic E-state index is 9.15. The third-order valence-corrected chi connectivity index (χ3v) is 3.32. The fourth-order valence-electron chi connectivity index (χ4n) is 1.97. The number of hydrogen-bond acceptors (Lipinski definition) is 4. The van der Waals surface area contributed by atoms with Crippen molar-refractivity contribution < 1.29 is 9.84 Å². The van der Waals surface area contributed by atoms with Crippen LogP contribution in [0.4, 0.5) is 0 Å². The highest BCUT2D eigenvalue weighted by Crippen LogP contribution is 2.30. The number of para-hydroxylation sites is 1. The van der Waals surface area contributed by atoms with Crippen LogP contribution >= 0.6 is 11.6 Å². The molecule has 0 atom stereocenters. The molecule has 0 unspecified atom stereocenters. The van der Waals surface area contributed by atoms with E-state index in [1.54, 1.807) is 18.2 Å². The molecule has 114 valence electrons. The Morgan fingerprint density at radius 1 is 1.18 bits per heavy atom. The van der Waals surface area contributed by atoms with Crippen molar-refractivity contribution in [3.8, 4) is 17.6 Å². The molecule has 0 aliphatic carbocycles. The summed E-state index contributed by atoms with van der Waals surface area (Å²) in [5.74, 6) is 1.12. The van der Waals surface area contributed by atoms with E-state index in [1.165, 1.54) is 0 Å². The van der Waals surface area contributed by atoms with Gasteiger partial charge < -0.3 is 15.2 Å². The SMILES string of the molecule is N#Cc1ccc(Cl)cc1Oc1ccccc1CNCCCO. The average Bonchev–Trinajstić information content (AvgIpc) is 2.53. The second-order valence-corrected chi connectivity index (χ2v) is 5.15. The number of nitrogens with one attached hydrogen (secondary N) is 1. The van der Waals surface area contributed by atoms with E-state index in [-0.39, 0.29) is 6.61 Å². The number of rotatable bonds is 7. The number of halogens is 1. The summed E-state index contributed by atoms with van der Waals surface area (Å²) in [6.07, 6.45) is 0.704. The number of aliphatic hydroxyl groups is 1. The smallest absolute Gasteiger partial charge is 0.146 e. The highest BCUT2D eigenvalue weighted by molar-refractivity contribution is 6.30. The van der Waals surface area contributed by atoms with Gasteiger partial charge in [-0.15, -0.1) is 0 Å². The molecule has 5 heteroatoms. The van der Waals surface area contributed by atoms with Crippen LogP contribution in [0.2, 0.25) is 5.02 Å². The zero-order valence-corrected chi connectivity index (χ0v) is 12.8. The molecule has 0 saturated carbocycles. The van der Waals surface area contributed by atoms with Gasteiger partial charge in [0.25, 0.3) is 0 Å². The Hall–Kier alpha value is -2.06. The van der Waals surface area contributed by atoms with Gasteiger partial charge in [-0.25, -0.2) is 0 Å². The molecule has 0 aliphatic rings. The van der Waals surface area contributed by atoms with Gasteiger partial charge in [0, 0.05) is 29.8 Å². The van der Waals surface area contributed by atoms with Gasteiger partial charge in [0.05, 0.1) is 5.56 Å². The monoisotopic (exact) mass is 316 g/mol. The van der Waals surface area contributed by atoms with Crippen LogP contribution in [-0.2, 0) is 6.54 Å². The van der Waals surface area contributed by atoms with Gasteiger partial charge in [0.1, 0.15) is 17.6 Å². The molecule has 0 radical (unpaired) electrons. The maximum absolute atomic E-state index is 9.15. The summed E-state index contributed by atoms with van der Waals surface area (Å²) >= 11 is 5.97.